The van der Waals surface area contributed by atoms with Crippen LogP contribution in [-0.4, -0.2) is 44.7 Å². The number of benzene rings is 2. The average molecular weight is 399 g/mol. The van der Waals surface area contributed by atoms with Gasteiger partial charge in [0.2, 0.25) is 10.0 Å². The molecule has 26 heavy (non-hydrogen) atoms. The first kappa shape index (κ1) is 20.4. The maximum absolute atomic E-state index is 13.1. The van der Waals surface area contributed by atoms with Crippen LogP contribution in [0.3, 0.4) is 0 Å². The average Bonchev–Trinajstić information content (AvgIpc) is 2.60. The normalized spacial score (nSPS) is 12.9. The van der Waals surface area contributed by atoms with Crippen molar-refractivity contribution in [2.45, 2.75) is 17.9 Å². The Kier molecular flexibility index (Phi) is 6.05. The fourth-order valence-corrected chi connectivity index (χ4v) is 3.77. The highest BCUT2D eigenvalue weighted by Gasteiger charge is 2.25. The van der Waals surface area contributed by atoms with Crippen molar-refractivity contribution in [3.8, 4) is 0 Å². The molecule has 0 N–H and O–H groups in total. The van der Waals surface area contributed by atoms with Crippen LogP contribution in [0.1, 0.15) is 28.9 Å². The van der Waals surface area contributed by atoms with E-state index in [1.807, 2.05) is 0 Å². The molecule has 0 saturated heterocycles. The Bertz CT molecular complexity index is 915. The summed E-state index contributed by atoms with van der Waals surface area (Å²) in [6.07, 6.45) is 0. The first-order valence-corrected chi connectivity index (χ1v) is 9.62. The lowest BCUT2D eigenvalue weighted by Crippen LogP contribution is -2.30. The second-order valence-corrected chi connectivity index (χ2v) is 8.60. The molecule has 2 aromatic rings. The molecule has 0 bridgehead atoms. The maximum Gasteiger partial charge on any atom is 0.254 e. The third kappa shape index (κ3) is 4.06. The van der Waals surface area contributed by atoms with Gasteiger partial charge in [0.15, 0.2) is 0 Å². The summed E-state index contributed by atoms with van der Waals surface area (Å²) in [4.78, 5) is 14.1. The molecule has 0 aliphatic carbocycles. The van der Waals surface area contributed by atoms with Crippen LogP contribution in [0.25, 0.3) is 0 Å². The first-order valence-electron chi connectivity index (χ1n) is 7.80. The minimum atomic E-state index is -3.78. The van der Waals surface area contributed by atoms with Gasteiger partial charge in [0.1, 0.15) is 10.7 Å². The molecule has 2 rings (SSSR count). The largest absolute Gasteiger partial charge is 0.335 e. The third-order valence-electron chi connectivity index (χ3n) is 4.19. The fourth-order valence-electron chi connectivity index (χ4n) is 2.38. The first-order chi connectivity index (χ1) is 12.1. The van der Waals surface area contributed by atoms with Gasteiger partial charge in [-0.25, -0.2) is 17.1 Å². The van der Waals surface area contributed by atoms with Crippen LogP contribution in [0.4, 0.5) is 4.39 Å². The van der Waals surface area contributed by atoms with E-state index in [0.717, 1.165) is 9.87 Å². The number of amides is 1. The molecule has 1 unspecified atom stereocenters. The van der Waals surface area contributed by atoms with E-state index >= 15 is 0 Å². The minimum Gasteiger partial charge on any atom is -0.335 e. The lowest BCUT2D eigenvalue weighted by molar-refractivity contribution is 0.0742. The number of carbonyl (C=O) groups excluding carboxylic acids is 1. The molecular formula is C18H20ClFN2O3S. The summed E-state index contributed by atoms with van der Waals surface area (Å²) in [5.41, 5.74) is 0.962. The van der Waals surface area contributed by atoms with Gasteiger partial charge in [-0.15, -0.1) is 0 Å². The standard InChI is InChI=1S/C18H20ClFN2O3S/c1-12(13-5-8-15(20)9-6-13)22(4)18(23)14-7-10-16(19)17(11-14)26(24,25)21(2)3/h5-12H,1-4H3. The van der Waals surface area contributed by atoms with Gasteiger partial charge in [-0.1, -0.05) is 23.7 Å². The van der Waals surface area contributed by atoms with E-state index in [9.17, 15) is 17.6 Å². The predicted molar refractivity (Wildman–Crippen MR) is 99.2 cm³/mol. The molecule has 0 aliphatic heterocycles. The lowest BCUT2D eigenvalue weighted by atomic mass is 10.1. The predicted octanol–water partition coefficient (Wildman–Crippen LogP) is 3.56. The number of hydrogen-bond donors (Lipinski definition) is 0. The highest BCUT2D eigenvalue weighted by Crippen LogP contribution is 2.27. The minimum absolute atomic E-state index is 0.0458. The SMILES string of the molecule is CC(c1ccc(F)cc1)N(C)C(=O)c1ccc(Cl)c(S(=O)(=O)N(C)C)c1. The van der Waals surface area contributed by atoms with Crippen LogP contribution in [0.2, 0.25) is 5.02 Å². The Labute approximate surface area is 158 Å². The molecule has 5 nitrogen and oxygen atoms in total. The maximum atomic E-state index is 13.1. The number of hydrogen-bond acceptors (Lipinski definition) is 3. The number of halogens is 2. The lowest BCUT2D eigenvalue weighted by Gasteiger charge is -2.26. The summed E-state index contributed by atoms with van der Waals surface area (Å²) in [7, 11) is 0.608. The van der Waals surface area contributed by atoms with Crippen LogP contribution in [-0.2, 0) is 10.0 Å². The topological polar surface area (TPSA) is 57.7 Å². The third-order valence-corrected chi connectivity index (χ3v) is 6.49. The van der Waals surface area contributed by atoms with Gasteiger partial charge in [-0.3, -0.25) is 4.79 Å². The van der Waals surface area contributed by atoms with E-state index in [2.05, 4.69) is 0 Å². The molecule has 0 radical (unpaired) electrons. The van der Waals surface area contributed by atoms with Crippen molar-refractivity contribution in [2.24, 2.45) is 0 Å². The number of carbonyl (C=O) groups is 1. The van der Waals surface area contributed by atoms with Gasteiger partial charge < -0.3 is 4.90 Å². The molecule has 1 amide bonds. The van der Waals surface area contributed by atoms with Crippen LogP contribution in [0.15, 0.2) is 47.4 Å². The van der Waals surface area contributed by atoms with Crippen LogP contribution in [0.5, 0.6) is 0 Å². The van der Waals surface area contributed by atoms with E-state index in [1.54, 1.807) is 26.1 Å². The Hall–Kier alpha value is -1.96. The number of sulfonamides is 1. The van der Waals surface area contributed by atoms with Crippen molar-refractivity contribution in [3.05, 3.63) is 64.4 Å². The molecule has 0 fully saturated rings. The molecule has 1 atom stereocenters. The van der Waals surface area contributed by atoms with E-state index in [4.69, 9.17) is 11.6 Å². The van der Waals surface area contributed by atoms with E-state index in [-0.39, 0.29) is 33.2 Å². The van der Waals surface area contributed by atoms with Gasteiger partial charge in [0.25, 0.3) is 5.91 Å². The van der Waals surface area contributed by atoms with Crippen molar-refractivity contribution in [1.82, 2.24) is 9.21 Å². The fraction of sp³-hybridized carbons (Fsp3) is 0.278. The molecule has 0 saturated carbocycles. The van der Waals surface area contributed by atoms with Crippen molar-refractivity contribution in [2.75, 3.05) is 21.1 Å². The summed E-state index contributed by atoms with van der Waals surface area (Å²) in [5.74, 6) is -0.722. The van der Waals surface area contributed by atoms with Gasteiger partial charge in [-0.2, -0.15) is 0 Å². The van der Waals surface area contributed by atoms with E-state index < -0.39 is 10.0 Å². The Morgan fingerprint density at radius 2 is 1.65 bits per heavy atom. The van der Waals surface area contributed by atoms with E-state index in [0.29, 0.717) is 0 Å². The molecule has 0 heterocycles. The molecule has 0 spiro atoms. The second-order valence-electron chi connectivity index (χ2n) is 6.08. The molecule has 0 aliphatic rings. The van der Waals surface area contributed by atoms with Crippen molar-refractivity contribution in [1.29, 1.82) is 0 Å². The monoisotopic (exact) mass is 398 g/mol. The van der Waals surface area contributed by atoms with Gasteiger partial charge in [-0.05, 0) is 42.8 Å². The highest BCUT2D eigenvalue weighted by molar-refractivity contribution is 7.89. The Morgan fingerprint density at radius 3 is 2.19 bits per heavy atom. The van der Waals surface area contributed by atoms with Gasteiger partial charge in [0.05, 0.1) is 11.1 Å². The molecule has 2 aromatic carbocycles. The van der Waals surface area contributed by atoms with Gasteiger partial charge >= 0.3 is 0 Å². The smallest absolute Gasteiger partial charge is 0.254 e. The summed E-state index contributed by atoms with van der Waals surface area (Å²) < 4.78 is 38.8. The van der Waals surface area contributed by atoms with Gasteiger partial charge in [0, 0.05) is 26.7 Å². The van der Waals surface area contributed by atoms with E-state index in [1.165, 1.54) is 49.3 Å². The summed E-state index contributed by atoms with van der Waals surface area (Å²) in [6.45, 7) is 1.80. The van der Waals surface area contributed by atoms with Crippen LogP contribution < -0.4 is 0 Å². The van der Waals surface area contributed by atoms with Crippen molar-refractivity contribution < 1.29 is 17.6 Å². The molecule has 140 valence electrons. The highest BCUT2D eigenvalue weighted by atomic mass is 35.5. The zero-order chi connectivity index (χ0) is 19.6. The van der Waals surface area contributed by atoms with Crippen molar-refractivity contribution >= 4 is 27.5 Å². The molecular weight excluding hydrogens is 379 g/mol. The Balaban J connectivity index is 2.36. The quantitative estimate of drug-likeness (QED) is 0.773. The zero-order valence-electron chi connectivity index (χ0n) is 14.9. The summed E-state index contributed by atoms with van der Waals surface area (Å²) in [6, 6.07) is 9.68. The second kappa shape index (κ2) is 7.73. The van der Waals surface area contributed by atoms with Crippen LogP contribution in [0, 0.1) is 5.82 Å². The van der Waals surface area contributed by atoms with Crippen LogP contribution >= 0.6 is 11.6 Å². The van der Waals surface area contributed by atoms with Crippen molar-refractivity contribution in [3.63, 3.8) is 0 Å². The molecule has 8 heteroatoms. The number of rotatable bonds is 5. The zero-order valence-corrected chi connectivity index (χ0v) is 16.5. The number of nitrogens with zero attached hydrogens (tertiary/aromatic N) is 2. The molecule has 0 aromatic heterocycles. The summed E-state index contributed by atoms with van der Waals surface area (Å²) >= 11 is 6.02. The Morgan fingerprint density at radius 1 is 1.08 bits per heavy atom. The summed E-state index contributed by atoms with van der Waals surface area (Å²) in [5, 5.41) is 0.0458.